The summed E-state index contributed by atoms with van der Waals surface area (Å²) in [5.74, 6) is -0.394. The van der Waals surface area contributed by atoms with E-state index >= 15 is 0 Å². The van der Waals surface area contributed by atoms with Crippen molar-refractivity contribution in [2.24, 2.45) is 0 Å². The number of ether oxygens (including phenoxy) is 1. The lowest BCUT2D eigenvalue weighted by atomic mass is 10.1. The Balaban J connectivity index is 0.00000242. The third-order valence-corrected chi connectivity index (χ3v) is 3.21. The van der Waals surface area contributed by atoms with Crippen LogP contribution in [0.1, 0.15) is 12.5 Å². The van der Waals surface area contributed by atoms with Gasteiger partial charge in [-0.2, -0.15) is 0 Å². The van der Waals surface area contributed by atoms with Crippen molar-refractivity contribution in [1.29, 1.82) is 0 Å². The molecule has 1 aromatic carbocycles. The van der Waals surface area contributed by atoms with Gasteiger partial charge in [0.25, 0.3) is 0 Å². The molecular weight excluding hydrogens is 321 g/mol. The predicted molar refractivity (Wildman–Crippen MR) is 78.1 cm³/mol. The maximum atomic E-state index is 12.2. The first-order chi connectivity index (χ1) is 9.83. The molecule has 0 bridgehead atoms. The van der Waals surface area contributed by atoms with Gasteiger partial charge in [0.1, 0.15) is 5.75 Å². The highest BCUT2D eigenvalue weighted by Gasteiger charge is 2.31. The predicted octanol–water partition coefficient (Wildman–Crippen LogP) is 2.37. The van der Waals surface area contributed by atoms with Crippen LogP contribution in [0.25, 0.3) is 0 Å². The van der Waals surface area contributed by atoms with Crippen LogP contribution in [0.4, 0.5) is 13.2 Å². The van der Waals surface area contributed by atoms with Crippen molar-refractivity contribution in [1.82, 2.24) is 10.2 Å². The molecule has 124 valence electrons. The van der Waals surface area contributed by atoms with Gasteiger partial charge in [0.15, 0.2) is 0 Å². The van der Waals surface area contributed by atoms with Crippen LogP contribution >= 0.6 is 12.4 Å². The summed E-state index contributed by atoms with van der Waals surface area (Å²) < 4.78 is 40.3. The summed E-state index contributed by atoms with van der Waals surface area (Å²) in [6.45, 7) is 3.93. The lowest BCUT2D eigenvalue weighted by Gasteiger charge is -2.32. The van der Waals surface area contributed by atoms with Gasteiger partial charge in [-0.05, 0) is 24.6 Å². The molecule has 22 heavy (non-hydrogen) atoms. The second-order valence-electron chi connectivity index (χ2n) is 5.07. The number of halogens is 4. The van der Waals surface area contributed by atoms with E-state index in [1.54, 1.807) is 11.0 Å². The first-order valence-electron chi connectivity index (χ1n) is 6.69. The zero-order valence-corrected chi connectivity index (χ0v) is 12.8. The topological polar surface area (TPSA) is 41.6 Å². The summed E-state index contributed by atoms with van der Waals surface area (Å²) >= 11 is 0. The molecular formula is C14H18ClF3N2O2. The summed E-state index contributed by atoms with van der Waals surface area (Å²) in [7, 11) is 0. The van der Waals surface area contributed by atoms with Crippen LogP contribution in [0.3, 0.4) is 0 Å². The van der Waals surface area contributed by atoms with Crippen molar-refractivity contribution in [3.63, 3.8) is 0 Å². The molecule has 1 saturated heterocycles. The molecule has 4 nitrogen and oxygen atoms in total. The molecule has 0 radical (unpaired) electrons. The SMILES string of the molecule is C[C@@H]1CN(C(=O)Cc2cccc(OC(F)(F)F)c2)CCN1.Cl. The number of nitrogens with zero attached hydrogens (tertiary/aromatic N) is 1. The van der Waals surface area contributed by atoms with E-state index < -0.39 is 6.36 Å². The molecule has 1 atom stereocenters. The van der Waals surface area contributed by atoms with Gasteiger partial charge < -0.3 is 15.0 Å². The van der Waals surface area contributed by atoms with E-state index in [1.165, 1.54) is 18.2 Å². The first kappa shape index (κ1) is 18.6. The number of carbonyl (C=O) groups is 1. The fourth-order valence-electron chi connectivity index (χ4n) is 2.30. The van der Waals surface area contributed by atoms with Crippen LogP contribution in [-0.4, -0.2) is 42.8 Å². The van der Waals surface area contributed by atoms with Crippen LogP contribution in [0.2, 0.25) is 0 Å². The zero-order chi connectivity index (χ0) is 15.5. The molecule has 0 unspecified atom stereocenters. The quantitative estimate of drug-likeness (QED) is 0.920. The number of alkyl halides is 3. The van der Waals surface area contributed by atoms with Gasteiger partial charge in [-0.15, -0.1) is 25.6 Å². The minimum Gasteiger partial charge on any atom is -0.406 e. The maximum absolute atomic E-state index is 12.2. The number of carbonyl (C=O) groups excluding carboxylic acids is 1. The molecule has 8 heteroatoms. The van der Waals surface area contributed by atoms with E-state index in [0.29, 0.717) is 18.7 Å². The minimum atomic E-state index is -4.73. The van der Waals surface area contributed by atoms with E-state index in [0.717, 1.165) is 6.54 Å². The second-order valence-corrected chi connectivity index (χ2v) is 5.07. The van der Waals surface area contributed by atoms with Crippen LogP contribution in [0.5, 0.6) is 5.75 Å². The van der Waals surface area contributed by atoms with E-state index in [2.05, 4.69) is 10.1 Å². The van der Waals surface area contributed by atoms with E-state index in [-0.39, 0.29) is 36.5 Å². The highest BCUT2D eigenvalue weighted by molar-refractivity contribution is 5.85. The van der Waals surface area contributed by atoms with Crippen molar-refractivity contribution in [3.8, 4) is 5.75 Å². The normalized spacial score (nSPS) is 18.5. The number of nitrogens with one attached hydrogen (secondary N) is 1. The third-order valence-electron chi connectivity index (χ3n) is 3.21. The van der Waals surface area contributed by atoms with E-state index in [1.807, 2.05) is 6.92 Å². The Morgan fingerprint density at radius 3 is 2.82 bits per heavy atom. The number of rotatable bonds is 3. The largest absolute Gasteiger partial charge is 0.573 e. The van der Waals surface area contributed by atoms with Crippen molar-refractivity contribution >= 4 is 18.3 Å². The second kappa shape index (κ2) is 7.69. The molecule has 0 aliphatic carbocycles. The zero-order valence-electron chi connectivity index (χ0n) is 12.0. The highest BCUT2D eigenvalue weighted by atomic mass is 35.5. The van der Waals surface area contributed by atoms with Crippen LogP contribution < -0.4 is 10.1 Å². The van der Waals surface area contributed by atoms with Crippen molar-refractivity contribution in [3.05, 3.63) is 29.8 Å². The summed E-state index contributed by atoms with van der Waals surface area (Å²) in [5.41, 5.74) is 0.507. The number of benzene rings is 1. The highest BCUT2D eigenvalue weighted by Crippen LogP contribution is 2.23. The van der Waals surface area contributed by atoms with Crippen LogP contribution in [-0.2, 0) is 11.2 Å². The van der Waals surface area contributed by atoms with Gasteiger partial charge >= 0.3 is 6.36 Å². The molecule has 0 aromatic heterocycles. The van der Waals surface area contributed by atoms with Gasteiger partial charge in [-0.1, -0.05) is 12.1 Å². The number of amides is 1. The van der Waals surface area contributed by atoms with Gasteiger partial charge in [0, 0.05) is 25.7 Å². The Bertz CT molecular complexity index is 511. The lowest BCUT2D eigenvalue weighted by molar-refractivity contribution is -0.274. The first-order valence-corrected chi connectivity index (χ1v) is 6.69. The van der Waals surface area contributed by atoms with Crippen molar-refractivity contribution in [2.75, 3.05) is 19.6 Å². The van der Waals surface area contributed by atoms with Gasteiger partial charge in [-0.25, -0.2) is 0 Å². The third kappa shape index (κ3) is 5.73. The minimum absolute atomic E-state index is 0. The van der Waals surface area contributed by atoms with Gasteiger partial charge in [0.2, 0.25) is 5.91 Å². The van der Waals surface area contributed by atoms with E-state index in [9.17, 15) is 18.0 Å². The van der Waals surface area contributed by atoms with Gasteiger partial charge in [0.05, 0.1) is 6.42 Å². The Morgan fingerprint density at radius 2 is 2.18 bits per heavy atom. The molecule has 1 fully saturated rings. The molecule has 1 aliphatic heterocycles. The number of piperazine rings is 1. The summed E-state index contributed by atoms with van der Waals surface area (Å²) in [6.07, 6.45) is -4.65. The molecule has 1 heterocycles. The summed E-state index contributed by atoms with van der Waals surface area (Å²) in [4.78, 5) is 13.9. The molecule has 1 aliphatic rings. The summed E-state index contributed by atoms with van der Waals surface area (Å²) in [5, 5.41) is 3.23. The Hall–Kier alpha value is -1.47. The molecule has 0 saturated carbocycles. The Kier molecular flexibility index (Phi) is 6.49. The smallest absolute Gasteiger partial charge is 0.406 e. The maximum Gasteiger partial charge on any atom is 0.573 e. The molecule has 1 aromatic rings. The monoisotopic (exact) mass is 338 g/mol. The molecule has 1 N–H and O–H groups in total. The average molecular weight is 339 g/mol. The van der Waals surface area contributed by atoms with Crippen molar-refractivity contribution < 1.29 is 22.7 Å². The fraction of sp³-hybridized carbons (Fsp3) is 0.500. The Morgan fingerprint density at radius 1 is 1.45 bits per heavy atom. The summed E-state index contributed by atoms with van der Waals surface area (Å²) in [6, 6.07) is 5.75. The van der Waals surface area contributed by atoms with Crippen LogP contribution in [0.15, 0.2) is 24.3 Å². The van der Waals surface area contributed by atoms with Gasteiger partial charge in [-0.3, -0.25) is 4.79 Å². The molecule has 2 rings (SSSR count). The standard InChI is InChI=1S/C14H17F3N2O2.ClH/c1-10-9-19(6-5-18-10)13(20)8-11-3-2-4-12(7-11)21-14(15,16)17;/h2-4,7,10,18H,5-6,8-9H2,1H3;1H/t10-;/m1./s1. The Labute approximate surface area is 133 Å². The lowest BCUT2D eigenvalue weighted by Crippen LogP contribution is -2.51. The molecule has 0 spiro atoms. The van der Waals surface area contributed by atoms with Crippen molar-refractivity contribution in [2.45, 2.75) is 25.7 Å². The van der Waals surface area contributed by atoms with E-state index in [4.69, 9.17) is 0 Å². The number of hydrogen-bond donors (Lipinski definition) is 1. The molecule has 1 amide bonds. The van der Waals surface area contributed by atoms with Crippen LogP contribution in [0, 0.1) is 0 Å². The number of hydrogen-bond acceptors (Lipinski definition) is 3. The fourth-order valence-corrected chi connectivity index (χ4v) is 2.30. The average Bonchev–Trinajstić information content (AvgIpc) is 2.37.